The van der Waals surface area contributed by atoms with Gasteiger partial charge in [0, 0.05) is 31.2 Å². The van der Waals surface area contributed by atoms with E-state index in [0.717, 1.165) is 33.7 Å². The predicted molar refractivity (Wildman–Crippen MR) is 112 cm³/mol. The summed E-state index contributed by atoms with van der Waals surface area (Å²) in [4.78, 5) is 12.7. The molecule has 144 valence electrons. The van der Waals surface area contributed by atoms with Crippen LogP contribution in [0.15, 0.2) is 53.7 Å². The first-order valence-corrected chi connectivity index (χ1v) is 9.05. The fourth-order valence-corrected chi connectivity index (χ4v) is 2.88. The van der Waals surface area contributed by atoms with Crippen molar-refractivity contribution in [3.63, 3.8) is 0 Å². The van der Waals surface area contributed by atoms with Gasteiger partial charge in [-0.2, -0.15) is 4.98 Å². The molecule has 28 heavy (non-hydrogen) atoms. The third kappa shape index (κ3) is 4.72. The lowest BCUT2D eigenvalue weighted by Crippen LogP contribution is -2.01. The molecule has 0 aliphatic carbocycles. The zero-order valence-corrected chi connectivity index (χ0v) is 16.5. The molecule has 1 aromatic heterocycles. The molecule has 0 spiro atoms. The zero-order chi connectivity index (χ0) is 20.1. The van der Waals surface area contributed by atoms with Gasteiger partial charge in [0.25, 0.3) is 0 Å². The van der Waals surface area contributed by atoms with Crippen LogP contribution < -0.4 is 10.1 Å². The van der Waals surface area contributed by atoms with E-state index in [1.165, 1.54) is 0 Å². The first kappa shape index (κ1) is 19.5. The van der Waals surface area contributed by atoms with Crippen LogP contribution >= 0.6 is 0 Å². The number of hydrogen-bond donors (Lipinski definition) is 2. The van der Waals surface area contributed by atoms with Gasteiger partial charge in [-0.15, -0.1) is 0 Å². The molecule has 0 saturated carbocycles. The van der Waals surface area contributed by atoms with E-state index in [9.17, 15) is 5.11 Å². The normalized spacial score (nSPS) is 12.2. The van der Waals surface area contributed by atoms with E-state index >= 15 is 0 Å². The van der Waals surface area contributed by atoms with Gasteiger partial charge in [-0.3, -0.25) is 4.99 Å². The summed E-state index contributed by atoms with van der Waals surface area (Å²) in [6, 6.07) is 13.4. The van der Waals surface area contributed by atoms with E-state index in [1.54, 1.807) is 32.4 Å². The summed E-state index contributed by atoms with van der Waals surface area (Å²) in [6.07, 6.45) is 2.93. The lowest BCUT2D eigenvalue weighted by Gasteiger charge is -2.15. The molecule has 2 N–H and O–H groups in total. The number of hydrogen-bond acceptors (Lipinski definition) is 6. The van der Waals surface area contributed by atoms with Crippen molar-refractivity contribution >= 4 is 17.9 Å². The third-order valence-corrected chi connectivity index (χ3v) is 4.25. The molecule has 0 saturated heterocycles. The maximum absolute atomic E-state index is 9.80. The molecule has 0 radical (unpaired) electrons. The number of aliphatic imine (C=N–C) groups is 1. The minimum Gasteiger partial charge on any atom is -0.438 e. The summed E-state index contributed by atoms with van der Waals surface area (Å²) in [7, 11) is 1.74. The Kier molecular flexibility index (Phi) is 6.01. The monoisotopic (exact) mass is 376 g/mol. The number of nitrogens with one attached hydrogen (secondary N) is 1. The van der Waals surface area contributed by atoms with Crippen LogP contribution in [-0.2, 0) is 0 Å². The number of benzene rings is 2. The van der Waals surface area contributed by atoms with E-state index in [1.807, 2.05) is 50.2 Å². The average molecular weight is 376 g/mol. The summed E-state index contributed by atoms with van der Waals surface area (Å²) in [6.45, 7) is 5.66. The summed E-state index contributed by atoms with van der Waals surface area (Å²) >= 11 is 0. The van der Waals surface area contributed by atoms with Gasteiger partial charge in [0.05, 0.1) is 6.10 Å². The van der Waals surface area contributed by atoms with E-state index < -0.39 is 6.10 Å². The second-order valence-corrected chi connectivity index (χ2v) is 6.61. The van der Waals surface area contributed by atoms with Crippen LogP contribution in [0, 0.1) is 13.8 Å². The number of nitrogens with zero attached hydrogens (tertiary/aromatic N) is 3. The molecular formula is C22H24N4O2. The van der Waals surface area contributed by atoms with Crippen molar-refractivity contribution in [2.75, 3.05) is 12.4 Å². The van der Waals surface area contributed by atoms with E-state index in [0.29, 0.717) is 11.8 Å². The quantitative estimate of drug-likeness (QED) is 0.608. The Hall–Kier alpha value is -3.25. The maximum Gasteiger partial charge on any atom is 0.230 e. The van der Waals surface area contributed by atoms with Crippen molar-refractivity contribution < 1.29 is 9.84 Å². The Morgan fingerprint density at radius 1 is 1.11 bits per heavy atom. The lowest BCUT2D eigenvalue weighted by atomic mass is 10.0. The van der Waals surface area contributed by atoms with Gasteiger partial charge in [-0.1, -0.05) is 12.1 Å². The second-order valence-electron chi connectivity index (χ2n) is 6.61. The van der Waals surface area contributed by atoms with Crippen LogP contribution in [0.5, 0.6) is 11.6 Å². The van der Waals surface area contributed by atoms with E-state index in [4.69, 9.17) is 4.74 Å². The summed E-state index contributed by atoms with van der Waals surface area (Å²) in [5.41, 5.74) is 4.65. The largest absolute Gasteiger partial charge is 0.438 e. The van der Waals surface area contributed by atoms with Gasteiger partial charge >= 0.3 is 0 Å². The molecule has 6 nitrogen and oxygen atoms in total. The van der Waals surface area contributed by atoms with Gasteiger partial charge in [0.15, 0.2) is 0 Å². The molecule has 0 amide bonds. The van der Waals surface area contributed by atoms with Gasteiger partial charge in [0.2, 0.25) is 11.8 Å². The molecule has 1 heterocycles. The van der Waals surface area contributed by atoms with E-state index in [2.05, 4.69) is 20.3 Å². The van der Waals surface area contributed by atoms with Crippen LogP contribution in [0.2, 0.25) is 0 Å². The van der Waals surface area contributed by atoms with Crippen molar-refractivity contribution in [3.8, 4) is 11.6 Å². The number of aliphatic hydroxyl groups is 1. The Morgan fingerprint density at radius 3 is 2.39 bits per heavy atom. The van der Waals surface area contributed by atoms with Gasteiger partial charge in [-0.25, -0.2) is 4.98 Å². The SMILES string of the molecule is C/N=C\c1ccc(Nc2nccc(Oc3c(C)cc(C(C)O)cc3C)n2)cc1. The average Bonchev–Trinajstić information content (AvgIpc) is 2.66. The summed E-state index contributed by atoms with van der Waals surface area (Å²) in [5, 5.41) is 13.0. The Labute approximate surface area is 165 Å². The molecule has 1 atom stereocenters. The van der Waals surface area contributed by atoms with Crippen molar-refractivity contribution in [1.29, 1.82) is 0 Å². The maximum atomic E-state index is 9.80. The minimum atomic E-state index is -0.517. The second kappa shape index (κ2) is 8.63. The highest BCUT2D eigenvalue weighted by atomic mass is 16.5. The van der Waals surface area contributed by atoms with E-state index in [-0.39, 0.29) is 0 Å². The van der Waals surface area contributed by atoms with Crippen LogP contribution in [-0.4, -0.2) is 28.3 Å². The smallest absolute Gasteiger partial charge is 0.230 e. The topological polar surface area (TPSA) is 79.6 Å². The Balaban J connectivity index is 1.78. The fraction of sp³-hybridized carbons (Fsp3) is 0.227. The van der Waals surface area contributed by atoms with Crippen LogP contribution in [0.25, 0.3) is 0 Å². The molecule has 0 aliphatic rings. The van der Waals surface area contributed by atoms with Gasteiger partial charge in [0.1, 0.15) is 5.75 Å². The Morgan fingerprint density at radius 2 is 1.79 bits per heavy atom. The predicted octanol–water partition coefficient (Wildman–Crippen LogP) is 4.73. The highest BCUT2D eigenvalue weighted by Gasteiger charge is 2.11. The summed E-state index contributed by atoms with van der Waals surface area (Å²) < 4.78 is 6.01. The lowest BCUT2D eigenvalue weighted by molar-refractivity contribution is 0.199. The molecule has 6 heteroatoms. The Bertz CT molecular complexity index is 959. The first-order valence-electron chi connectivity index (χ1n) is 9.05. The highest BCUT2D eigenvalue weighted by Crippen LogP contribution is 2.31. The van der Waals surface area contributed by atoms with Crippen LogP contribution in [0.1, 0.15) is 35.3 Å². The van der Waals surface area contributed by atoms with Crippen molar-refractivity contribution in [2.45, 2.75) is 26.9 Å². The number of rotatable bonds is 6. The summed E-state index contributed by atoms with van der Waals surface area (Å²) in [5.74, 6) is 1.63. The van der Waals surface area contributed by atoms with Crippen molar-refractivity contribution in [3.05, 3.63) is 70.9 Å². The van der Waals surface area contributed by atoms with Gasteiger partial charge in [-0.05, 0) is 67.3 Å². The fourth-order valence-electron chi connectivity index (χ4n) is 2.88. The molecule has 0 fully saturated rings. The molecule has 0 aliphatic heterocycles. The first-order chi connectivity index (χ1) is 13.5. The van der Waals surface area contributed by atoms with Crippen LogP contribution in [0.4, 0.5) is 11.6 Å². The third-order valence-electron chi connectivity index (χ3n) is 4.25. The molecule has 0 bridgehead atoms. The zero-order valence-electron chi connectivity index (χ0n) is 16.5. The van der Waals surface area contributed by atoms with Crippen molar-refractivity contribution in [1.82, 2.24) is 9.97 Å². The number of anilines is 2. The highest BCUT2D eigenvalue weighted by molar-refractivity contribution is 5.80. The molecular weight excluding hydrogens is 352 g/mol. The molecule has 3 aromatic rings. The molecule has 2 aromatic carbocycles. The number of aliphatic hydroxyl groups excluding tert-OH is 1. The number of ether oxygens (including phenoxy) is 1. The number of aromatic nitrogens is 2. The minimum absolute atomic E-state index is 0.447. The standard InChI is InChI=1S/C22H24N4O2/c1-14-11-18(16(3)27)12-15(2)21(14)28-20-9-10-24-22(26-20)25-19-7-5-17(6-8-19)13-23-4/h5-13,16,27H,1-4H3,(H,24,25,26)/b23-13-. The molecule has 1 unspecified atom stereocenters. The van der Waals surface area contributed by atoms with Gasteiger partial charge < -0.3 is 15.2 Å². The number of aryl methyl sites for hydroxylation is 2. The molecule has 3 rings (SSSR count). The van der Waals surface area contributed by atoms with Crippen molar-refractivity contribution in [2.24, 2.45) is 4.99 Å². The van der Waals surface area contributed by atoms with Crippen LogP contribution in [0.3, 0.4) is 0 Å².